The number of nitrogens with one attached hydrogen (secondary N) is 1. The Hall–Kier alpha value is -3.82. The van der Waals surface area contributed by atoms with Crippen LogP contribution in [-0.2, 0) is 9.47 Å². The Morgan fingerprint density at radius 2 is 1.70 bits per heavy atom. The minimum Gasteiger partial charge on any atom is -0.451 e. The zero-order chi connectivity index (χ0) is 23.4. The third-order valence-corrected chi connectivity index (χ3v) is 5.35. The van der Waals surface area contributed by atoms with Crippen LogP contribution in [0.5, 0.6) is 0 Å². The van der Waals surface area contributed by atoms with Gasteiger partial charge in [-0.3, -0.25) is 9.36 Å². The van der Waals surface area contributed by atoms with E-state index in [0.29, 0.717) is 17.5 Å². The summed E-state index contributed by atoms with van der Waals surface area (Å²) in [6, 6.07) is 18.3. The van der Waals surface area contributed by atoms with Gasteiger partial charge in [0, 0.05) is 11.8 Å². The smallest absolute Gasteiger partial charge is 0.351 e. The maximum Gasteiger partial charge on any atom is 0.351 e. The van der Waals surface area contributed by atoms with Crippen LogP contribution in [0.4, 0.5) is 5.82 Å². The summed E-state index contributed by atoms with van der Waals surface area (Å²) in [5.41, 5.74) is 0.00724. The van der Waals surface area contributed by atoms with Gasteiger partial charge in [-0.1, -0.05) is 43.3 Å². The van der Waals surface area contributed by atoms with Crippen molar-refractivity contribution in [2.24, 2.45) is 0 Å². The SMILES string of the molecule is CC[C@H]1O[C@@H](n2ccc(NC(=O)c3ccccc3)nc2=O)[C@@H](OC(=O)c2ccccc2)[C@@H]1O. The van der Waals surface area contributed by atoms with Crippen LogP contribution < -0.4 is 11.0 Å². The average Bonchev–Trinajstić information content (AvgIpc) is 3.15. The van der Waals surface area contributed by atoms with Gasteiger partial charge in [-0.05, 0) is 36.8 Å². The van der Waals surface area contributed by atoms with E-state index in [1.165, 1.54) is 12.3 Å². The Labute approximate surface area is 189 Å². The van der Waals surface area contributed by atoms with Crippen molar-refractivity contribution in [2.45, 2.75) is 37.9 Å². The van der Waals surface area contributed by atoms with Gasteiger partial charge in [-0.15, -0.1) is 0 Å². The van der Waals surface area contributed by atoms with Crippen LogP contribution in [0.15, 0.2) is 77.7 Å². The quantitative estimate of drug-likeness (QED) is 0.555. The fourth-order valence-corrected chi connectivity index (χ4v) is 3.63. The first-order chi connectivity index (χ1) is 16.0. The van der Waals surface area contributed by atoms with E-state index in [0.717, 1.165) is 4.57 Å². The molecule has 0 unspecified atom stereocenters. The highest BCUT2D eigenvalue weighted by Crippen LogP contribution is 2.33. The second-order valence-corrected chi connectivity index (χ2v) is 7.52. The maximum absolute atomic E-state index is 12.7. The Kier molecular flexibility index (Phi) is 6.62. The summed E-state index contributed by atoms with van der Waals surface area (Å²) >= 11 is 0. The number of amides is 1. The first-order valence-electron chi connectivity index (χ1n) is 10.5. The van der Waals surface area contributed by atoms with E-state index in [4.69, 9.17) is 9.47 Å². The highest BCUT2D eigenvalue weighted by molar-refractivity contribution is 6.03. The number of carbonyl (C=O) groups excluding carboxylic acids is 2. The van der Waals surface area contributed by atoms with Gasteiger partial charge in [-0.25, -0.2) is 9.59 Å². The van der Waals surface area contributed by atoms with Crippen LogP contribution in [0.3, 0.4) is 0 Å². The first-order valence-corrected chi connectivity index (χ1v) is 10.5. The Morgan fingerprint density at radius 1 is 1.06 bits per heavy atom. The highest BCUT2D eigenvalue weighted by Gasteiger charge is 2.47. The lowest BCUT2D eigenvalue weighted by Gasteiger charge is -2.22. The minimum absolute atomic E-state index is 0.0634. The molecule has 1 fully saturated rings. The van der Waals surface area contributed by atoms with Crippen LogP contribution in [0.25, 0.3) is 0 Å². The van der Waals surface area contributed by atoms with E-state index in [-0.39, 0.29) is 5.82 Å². The molecular weight excluding hydrogens is 426 g/mol. The summed E-state index contributed by atoms with van der Waals surface area (Å²) in [4.78, 5) is 41.5. The minimum atomic E-state index is -1.13. The number of aromatic nitrogens is 2. The highest BCUT2D eigenvalue weighted by atomic mass is 16.6. The van der Waals surface area contributed by atoms with Crippen molar-refractivity contribution in [2.75, 3.05) is 5.32 Å². The van der Waals surface area contributed by atoms with E-state index in [2.05, 4.69) is 10.3 Å². The average molecular weight is 449 g/mol. The Balaban J connectivity index is 1.56. The molecule has 4 atom stereocenters. The number of anilines is 1. The van der Waals surface area contributed by atoms with Gasteiger partial charge in [0.25, 0.3) is 5.91 Å². The molecular formula is C24H23N3O6. The molecule has 2 aromatic carbocycles. The van der Waals surface area contributed by atoms with Gasteiger partial charge in [0.15, 0.2) is 12.3 Å². The zero-order valence-corrected chi connectivity index (χ0v) is 17.8. The topological polar surface area (TPSA) is 120 Å². The molecule has 0 saturated carbocycles. The lowest BCUT2D eigenvalue weighted by atomic mass is 10.1. The summed E-state index contributed by atoms with van der Waals surface area (Å²) in [6.07, 6.45) is -2.12. The molecule has 1 amide bonds. The molecule has 1 aliphatic heterocycles. The molecule has 9 nitrogen and oxygen atoms in total. The molecule has 1 aliphatic rings. The van der Waals surface area contributed by atoms with Gasteiger partial charge in [0.2, 0.25) is 0 Å². The number of aliphatic hydroxyl groups excluding tert-OH is 1. The van der Waals surface area contributed by atoms with Crippen molar-refractivity contribution >= 4 is 17.7 Å². The predicted octanol–water partition coefficient (Wildman–Crippen LogP) is 2.39. The first kappa shape index (κ1) is 22.4. The molecule has 1 saturated heterocycles. The lowest BCUT2D eigenvalue weighted by Crippen LogP contribution is -2.39. The molecule has 2 N–H and O–H groups in total. The monoisotopic (exact) mass is 449 g/mol. The standard InChI is InChI=1S/C24H23N3O6/c1-2-17-19(28)20(33-23(30)16-11-7-4-8-12-16)22(32-17)27-14-13-18(26-24(27)31)25-21(29)15-9-5-3-6-10-15/h3-14,17,19-20,22,28H,2H2,1H3,(H,25,26,29,31)/t17-,19-,20+,22-/m1/s1. The number of nitrogens with zero attached hydrogens (tertiary/aromatic N) is 2. The van der Waals surface area contributed by atoms with Crippen LogP contribution in [-0.4, -0.2) is 44.8 Å². The van der Waals surface area contributed by atoms with Crippen molar-refractivity contribution in [1.82, 2.24) is 9.55 Å². The normalized spacial score (nSPS) is 22.0. The second-order valence-electron chi connectivity index (χ2n) is 7.52. The number of ether oxygens (including phenoxy) is 2. The number of carbonyl (C=O) groups is 2. The van der Waals surface area contributed by atoms with Crippen molar-refractivity contribution in [1.29, 1.82) is 0 Å². The largest absolute Gasteiger partial charge is 0.451 e. The number of hydrogen-bond donors (Lipinski definition) is 2. The molecule has 4 rings (SSSR count). The summed E-state index contributed by atoms with van der Waals surface area (Å²) in [5.74, 6) is -0.986. The molecule has 0 bridgehead atoms. The summed E-state index contributed by atoms with van der Waals surface area (Å²) in [6.45, 7) is 1.82. The van der Waals surface area contributed by atoms with E-state index in [9.17, 15) is 19.5 Å². The van der Waals surface area contributed by atoms with Gasteiger partial charge in [0.1, 0.15) is 11.9 Å². The Bertz CT molecular complexity index is 1180. The van der Waals surface area contributed by atoms with E-state index < -0.39 is 42.1 Å². The number of esters is 1. The van der Waals surface area contributed by atoms with E-state index >= 15 is 0 Å². The molecule has 0 radical (unpaired) electrons. The van der Waals surface area contributed by atoms with Crippen molar-refractivity contribution in [3.05, 3.63) is 94.5 Å². The van der Waals surface area contributed by atoms with Crippen molar-refractivity contribution in [3.8, 4) is 0 Å². The molecule has 33 heavy (non-hydrogen) atoms. The molecule has 9 heteroatoms. The molecule has 3 aromatic rings. The van der Waals surface area contributed by atoms with Crippen molar-refractivity contribution in [3.63, 3.8) is 0 Å². The molecule has 170 valence electrons. The predicted molar refractivity (Wildman–Crippen MR) is 119 cm³/mol. The third kappa shape index (κ3) is 4.84. The van der Waals surface area contributed by atoms with E-state index in [1.807, 2.05) is 6.92 Å². The van der Waals surface area contributed by atoms with Gasteiger partial charge >= 0.3 is 11.7 Å². The number of hydrogen-bond acceptors (Lipinski definition) is 7. The second kappa shape index (κ2) is 9.76. The molecule has 0 spiro atoms. The number of aliphatic hydroxyl groups is 1. The van der Waals surface area contributed by atoms with E-state index in [1.54, 1.807) is 60.7 Å². The lowest BCUT2D eigenvalue weighted by molar-refractivity contribution is -0.0517. The zero-order valence-electron chi connectivity index (χ0n) is 17.8. The fourth-order valence-electron chi connectivity index (χ4n) is 3.63. The molecule has 1 aromatic heterocycles. The van der Waals surface area contributed by atoms with Crippen LogP contribution in [0, 0.1) is 0 Å². The van der Waals surface area contributed by atoms with Gasteiger partial charge < -0.3 is 19.9 Å². The maximum atomic E-state index is 12.7. The summed E-state index contributed by atoms with van der Waals surface area (Å²) < 4.78 is 12.5. The summed E-state index contributed by atoms with van der Waals surface area (Å²) in [5, 5.41) is 13.2. The third-order valence-electron chi connectivity index (χ3n) is 5.35. The molecule has 0 aliphatic carbocycles. The van der Waals surface area contributed by atoms with Crippen LogP contribution >= 0.6 is 0 Å². The number of rotatable bonds is 6. The summed E-state index contributed by atoms with van der Waals surface area (Å²) in [7, 11) is 0. The Morgan fingerprint density at radius 3 is 2.30 bits per heavy atom. The van der Waals surface area contributed by atoms with Crippen molar-refractivity contribution < 1.29 is 24.2 Å². The fraction of sp³-hybridized carbons (Fsp3) is 0.250. The van der Waals surface area contributed by atoms with Gasteiger partial charge in [0.05, 0.1) is 11.7 Å². The van der Waals surface area contributed by atoms with Gasteiger partial charge in [-0.2, -0.15) is 4.98 Å². The van der Waals surface area contributed by atoms with Crippen LogP contribution in [0.1, 0.15) is 40.3 Å². The van der Waals surface area contributed by atoms with Crippen LogP contribution in [0.2, 0.25) is 0 Å². The number of benzene rings is 2. The molecule has 2 heterocycles.